The van der Waals surface area contributed by atoms with E-state index in [2.05, 4.69) is 11.1 Å². The number of rotatable bonds is 2. The van der Waals surface area contributed by atoms with Crippen molar-refractivity contribution in [3.8, 4) is 17.6 Å². The number of hydrogen-bond acceptors (Lipinski definition) is 3. The van der Waals surface area contributed by atoms with Gasteiger partial charge in [0.2, 0.25) is 0 Å². The Bertz CT molecular complexity index is 595. The number of H-pyrrole nitrogens is 1. The zero-order valence-electron chi connectivity index (χ0n) is 9.32. The molecule has 0 spiro atoms. The third-order valence-electron chi connectivity index (χ3n) is 2.94. The summed E-state index contributed by atoms with van der Waals surface area (Å²) in [6.07, 6.45) is 3.24. The van der Waals surface area contributed by atoms with Crippen molar-refractivity contribution in [2.75, 3.05) is 13.2 Å². The van der Waals surface area contributed by atoms with E-state index in [0.717, 1.165) is 34.4 Å². The van der Waals surface area contributed by atoms with Crippen LogP contribution in [0.5, 0.6) is 11.5 Å². The lowest BCUT2D eigenvalue weighted by molar-refractivity contribution is 0.172. The van der Waals surface area contributed by atoms with Gasteiger partial charge in [0.15, 0.2) is 11.5 Å². The first-order valence-electron chi connectivity index (χ1n) is 5.65. The van der Waals surface area contributed by atoms with E-state index < -0.39 is 0 Å². The number of aryl methyl sites for hydroxylation is 1. The molecule has 1 aromatic heterocycles. The summed E-state index contributed by atoms with van der Waals surface area (Å²) in [7, 11) is 0. The Kier molecular flexibility index (Phi) is 2.37. The first-order valence-corrected chi connectivity index (χ1v) is 5.65. The molecular formula is C13H12N2O2. The Morgan fingerprint density at radius 2 is 2.00 bits per heavy atom. The van der Waals surface area contributed by atoms with Crippen molar-refractivity contribution in [2.24, 2.45) is 0 Å². The molecule has 0 saturated carbocycles. The third-order valence-corrected chi connectivity index (χ3v) is 2.94. The summed E-state index contributed by atoms with van der Waals surface area (Å²) < 4.78 is 11.1. The van der Waals surface area contributed by atoms with Gasteiger partial charge in [-0.05, 0) is 18.1 Å². The molecule has 0 radical (unpaired) electrons. The molecule has 0 bridgehead atoms. The van der Waals surface area contributed by atoms with Crippen molar-refractivity contribution in [2.45, 2.75) is 12.8 Å². The van der Waals surface area contributed by atoms with Gasteiger partial charge in [-0.15, -0.1) is 0 Å². The van der Waals surface area contributed by atoms with Crippen LogP contribution in [0, 0.1) is 11.3 Å². The van der Waals surface area contributed by atoms with Crippen LogP contribution in [0.4, 0.5) is 0 Å². The van der Waals surface area contributed by atoms with Gasteiger partial charge in [-0.2, -0.15) is 5.26 Å². The van der Waals surface area contributed by atoms with Gasteiger partial charge in [0.1, 0.15) is 13.2 Å². The van der Waals surface area contributed by atoms with Crippen molar-refractivity contribution in [3.05, 3.63) is 23.9 Å². The van der Waals surface area contributed by atoms with E-state index in [1.807, 2.05) is 18.3 Å². The second-order valence-corrected chi connectivity index (χ2v) is 4.01. The maximum atomic E-state index is 8.62. The summed E-state index contributed by atoms with van der Waals surface area (Å²) in [5, 5.41) is 9.74. The predicted molar refractivity (Wildman–Crippen MR) is 63.2 cm³/mol. The van der Waals surface area contributed by atoms with Crippen LogP contribution in [0.25, 0.3) is 10.9 Å². The molecule has 0 aliphatic carbocycles. The smallest absolute Gasteiger partial charge is 0.163 e. The van der Waals surface area contributed by atoms with Crippen LogP contribution in [0.1, 0.15) is 12.0 Å². The molecule has 17 heavy (non-hydrogen) atoms. The molecule has 0 unspecified atom stereocenters. The number of fused-ring (bicyclic) bond motifs is 2. The van der Waals surface area contributed by atoms with Gasteiger partial charge in [-0.3, -0.25) is 0 Å². The topological polar surface area (TPSA) is 58.0 Å². The first-order chi connectivity index (χ1) is 8.38. The monoisotopic (exact) mass is 228 g/mol. The number of nitriles is 1. The number of nitrogens with one attached hydrogen (secondary N) is 1. The quantitative estimate of drug-likeness (QED) is 0.858. The number of ether oxygens (including phenoxy) is 2. The SMILES string of the molecule is N#CCCc1c[nH]c2cc3c(cc12)OCCO3. The second-order valence-electron chi connectivity index (χ2n) is 4.01. The Labute approximate surface area is 98.8 Å². The maximum Gasteiger partial charge on any atom is 0.163 e. The Hall–Kier alpha value is -2.15. The molecule has 0 saturated heterocycles. The van der Waals surface area contributed by atoms with E-state index in [0.29, 0.717) is 19.6 Å². The van der Waals surface area contributed by atoms with E-state index in [1.54, 1.807) is 0 Å². The molecule has 4 nitrogen and oxygen atoms in total. The minimum atomic E-state index is 0.529. The first kappa shape index (κ1) is 10.0. The zero-order valence-corrected chi connectivity index (χ0v) is 9.32. The number of nitrogens with zero attached hydrogens (tertiary/aromatic N) is 1. The number of aromatic amines is 1. The molecule has 2 aromatic rings. The Morgan fingerprint density at radius 3 is 2.76 bits per heavy atom. The van der Waals surface area contributed by atoms with Crippen LogP contribution in [-0.2, 0) is 6.42 Å². The van der Waals surface area contributed by atoms with Gasteiger partial charge in [-0.25, -0.2) is 0 Å². The molecule has 3 rings (SSSR count). The molecule has 0 fully saturated rings. The molecule has 86 valence electrons. The predicted octanol–water partition coefficient (Wildman–Crippen LogP) is 2.40. The summed E-state index contributed by atoms with van der Waals surface area (Å²) in [6, 6.07) is 6.11. The van der Waals surface area contributed by atoms with E-state index in [1.165, 1.54) is 0 Å². The lowest BCUT2D eigenvalue weighted by Crippen LogP contribution is -2.15. The highest BCUT2D eigenvalue weighted by Gasteiger charge is 2.14. The lowest BCUT2D eigenvalue weighted by atomic mass is 10.1. The minimum Gasteiger partial charge on any atom is -0.486 e. The fourth-order valence-electron chi connectivity index (χ4n) is 2.11. The standard InChI is InChI=1S/C13H12N2O2/c14-3-1-2-9-8-15-11-7-13-12(6-10(9)11)16-4-5-17-13/h6-8,15H,1-2,4-5H2. The fourth-order valence-corrected chi connectivity index (χ4v) is 2.11. The van der Waals surface area contributed by atoms with Crippen LogP contribution < -0.4 is 9.47 Å². The lowest BCUT2D eigenvalue weighted by Gasteiger charge is -2.18. The highest BCUT2D eigenvalue weighted by Crippen LogP contribution is 2.35. The van der Waals surface area contributed by atoms with Crippen molar-refractivity contribution in [1.29, 1.82) is 5.26 Å². The second kappa shape index (κ2) is 4.02. The van der Waals surface area contributed by atoms with Crippen molar-refractivity contribution >= 4 is 10.9 Å². The molecule has 1 aliphatic rings. The summed E-state index contributed by atoms with van der Waals surface area (Å²) in [5.41, 5.74) is 2.18. The number of aromatic nitrogens is 1. The van der Waals surface area contributed by atoms with Gasteiger partial charge in [-0.1, -0.05) is 0 Å². The summed E-state index contributed by atoms with van der Waals surface area (Å²) in [5.74, 6) is 1.58. The number of benzene rings is 1. The average molecular weight is 228 g/mol. The molecule has 0 amide bonds. The molecule has 1 aliphatic heterocycles. The van der Waals surface area contributed by atoms with Gasteiger partial charge in [0, 0.05) is 29.6 Å². The number of hydrogen-bond donors (Lipinski definition) is 1. The Balaban J connectivity index is 2.07. The Morgan fingerprint density at radius 1 is 1.24 bits per heavy atom. The van der Waals surface area contributed by atoms with Crippen LogP contribution in [-0.4, -0.2) is 18.2 Å². The summed E-state index contributed by atoms with van der Waals surface area (Å²) in [4.78, 5) is 3.20. The van der Waals surface area contributed by atoms with Gasteiger partial charge < -0.3 is 14.5 Å². The fraction of sp³-hybridized carbons (Fsp3) is 0.308. The van der Waals surface area contributed by atoms with E-state index in [4.69, 9.17) is 14.7 Å². The zero-order chi connectivity index (χ0) is 11.7. The maximum absolute atomic E-state index is 8.62. The van der Waals surface area contributed by atoms with Crippen LogP contribution >= 0.6 is 0 Å². The van der Waals surface area contributed by atoms with Crippen molar-refractivity contribution < 1.29 is 9.47 Å². The van der Waals surface area contributed by atoms with Crippen LogP contribution in [0.2, 0.25) is 0 Å². The normalized spacial score (nSPS) is 13.6. The molecule has 2 heterocycles. The van der Waals surface area contributed by atoms with Crippen molar-refractivity contribution in [3.63, 3.8) is 0 Å². The highest BCUT2D eigenvalue weighted by atomic mass is 16.6. The summed E-state index contributed by atoms with van der Waals surface area (Å²) >= 11 is 0. The van der Waals surface area contributed by atoms with Crippen LogP contribution in [0.15, 0.2) is 18.3 Å². The van der Waals surface area contributed by atoms with Crippen LogP contribution in [0.3, 0.4) is 0 Å². The molecule has 1 aromatic carbocycles. The third kappa shape index (κ3) is 1.70. The largest absolute Gasteiger partial charge is 0.486 e. The van der Waals surface area contributed by atoms with Gasteiger partial charge in [0.25, 0.3) is 0 Å². The molecular weight excluding hydrogens is 216 g/mol. The molecule has 4 heteroatoms. The molecule has 1 N–H and O–H groups in total. The van der Waals surface area contributed by atoms with Gasteiger partial charge in [0.05, 0.1) is 6.07 Å². The minimum absolute atomic E-state index is 0.529. The highest BCUT2D eigenvalue weighted by molar-refractivity contribution is 5.86. The van der Waals surface area contributed by atoms with E-state index in [-0.39, 0.29) is 0 Å². The van der Waals surface area contributed by atoms with E-state index >= 15 is 0 Å². The van der Waals surface area contributed by atoms with Crippen molar-refractivity contribution in [1.82, 2.24) is 4.98 Å². The van der Waals surface area contributed by atoms with E-state index in [9.17, 15) is 0 Å². The summed E-state index contributed by atoms with van der Waals surface area (Å²) in [6.45, 7) is 1.19. The van der Waals surface area contributed by atoms with Gasteiger partial charge >= 0.3 is 0 Å². The average Bonchev–Trinajstić information content (AvgIpc) is 2.76. The molecule has 0 atom stereocenters.